The van der Waals surface area contributed by atoms with Gasteiger partial charge >= 0.3 is 0 Å². The molecule has 3 heteroatoms. The maximum Gasteiger partial charge on any atom is 0.115 e. The Morgan fingerprint density at radius 2 is 2.38 bits per heavy atom. The first-order valence-corrected chi connectivity index (χ1v) is 5.63. The highest BCUT2D eigenvalue weighted by Gasteiger charge is 2.03. The summed E-state index contributed by atoms with van der Waals surface area (Å²) in [7, 11) is 0. The molecule has 2 nitrogen and oxygen atoms in total. The van der Waals surface area contributed by atoms with Gasteiger partial charge in [-0.25, -0.2) is 4.98 Å². The van der Waals surface area contributed by atoms with Gasteiger partial charge < -0.3 is 5.32 Å². The second-order valence-corrected chi connectivity index (χ2v) is 4.20. The lowest BCUT2D eigenvalue weighted by atomic mass is 10.1. The molecule has 0 spiro atoms. The fourth-order valence-corrected chi connectivity index (χ4v) is 2.18. The van der Waals surface area contributed by atoms with Gasteiger partial charge in [0, 0.05) is 11.6 Å². The number of aromatic nitrogens is 1. The number of hydrogen-bond acceptors (Lipinski definition) is 3. The molecule has 1 N–H and O–H groups in total. The van der Waals surface area contributed by atoms with Crippen molar-refractivity contribution in [2.75, 3.05) is 13.1 Å². The van der Waals surface area contributed by atoms with Crippen molar-refractivity contribution < 1.29 is 0 Å². The van der Waals surface area contributed by atoms with Crippen molar-refractivity contribution in [1.82, 2.24) is 10.3 Å². The summed E-state index contributed by atoms with van der Waals surface area (Å²) in [5, 5.41) is 6.58. The van der Waals surface area contributed by atoms with Crippen LogP contribution in [0.4, 0.5) is 0 Å². The van der Waals surface area contributed by atoms with Crippen molar-refractivity contribution in [3.8, 4) is 0 Å². The first-order chi connectivity index (χ1) is 6.45. The minimum Gasteiger partial charge on any atom is -0.316 e. The number of thiazole rings is 1. The van der Waals surface area contributed by atoms with Crippen molar-refractivity contribution in [3.63, 3.8) is 0 Å². The SMILES string of the molecule is C(=C1/CCCNCC1)/c1nccs1. The molecule has 1 aliphatic heterocycles. The van der Waals surface area contributed by atoms with Crippen LogP contribution in [0.3, 0.4) is 0 Å². The van der Waals surface area contributed by atoms with Gasteiger partial charge in [0.2, 0.25) is 0 Å². The zero-order valence-corrected chi connectivity index (χ0v) is 8.44. The van der Waals surface area contributed by atoms with Gasteiger partial charge in [0.15, 0.2) is 0 Å². The number of hydrogen-bond donors (Lipinski definition) is 1. The van der Waals surface area contributed by atoms with Crippen LogP contribution in [0.25, 0.3) is 6.08 Å². The molecule has 70 valence electrons. The summed E-state index contributed by atoms with van der Waals surface area (Å²) in [6.07, 6.45) is 7.78. The summed E-state index contributed by atoms with van der Waals surface area (Å²) in [6.45, 7) is 2.28. The molecule has 1 aromatic rings. The molecule has 1 saturated heterocycles. The van der Waals surface area contributed by atoms with Crippen molar-refractivity contribution in [2.24, 2.45) is 0 Å². The summed E-state index contributed by atoms with van der Waals surface area (Å²) in [5.74, 6) is 0. The molecule has 0 saturated carbocycles. The molecule has 0 radical (unpaired) electrons. The van der Waals surface area contributed by atoms with Crippen LogP contribution in [0, 0.1) is 0 Å². The normalized spacial score (nSPS) is 21.7. The van der Waals surface area contributed by atoms with Crippen LogP contribution in [0.5, 0.6) is 0 Å². The van der Waals surface area contributed by atoms with Crippen LogP contribution < -0.4 is 5.32 Å². The Hall–Kier alpha value is -0.670. The Labute approximate surface area is 82.7 Å². The quantitative estimate of drug-likeness (QED) is 0.742. The highest BCUT2D eigenvalue weighted by Crippen LogP contribution is 2.17. The second-order valence-electron chi connectivity index (χ2n) is 3.28. The number of rotatable bonds is 1. The topological polar surface area (TPSA) is 24.9 Å². The standard InChI is InChI=1S/C10H14N2S/c1-2-9(3-5-11-4-1)8-10-12-6-7-13-10/h6-8,11H,1-5H2/b9-8+. The zero-order valence-electron chi connectivity index (χ0n) is 7.62. The van der Waals surface area contributed by atoms with Gasteiger partial charge in [-0.2, -0.15) is 0 Å². The van der Waals surface area contributed by atoms with E-state index in [1.807, 2.05) is 11.6 Å². The van der Waals surface area contributed by atoms with Gasteiger partial charge in [-0.15, -0.1) is 11.3 Å². The summed E-state index contributed by atoms with van der Waals surface area (Å²) >= 11 is 1.72. The maximum absolute atomic E-state index is 4.26. The molecule has 1 aromatic heterocycles. The average Bonchev–Trinajstić information content (AvgIpc) is 2.49. The maximum atomic E-state index is 4.26. The van der Waals surface area contributed by atoms with E-state index in [1.54, 1.807) is 16.9 Å². The first kappa shape index (κ1) is 8.91. The molecule has 2 rings (SSSR count). The van der Waals surface area contributed by atoms with Crippen LogP contribution in [-0.4, -0.2) is 18.1 Å². The molecule has 0 bridgehead atoms. The molecule has 1 fully saturated rings. The van der Waals surface area contributed by atoms with Crippen LogP contribution in [0.2, 0.25) is 0 Å². The Bertz CT molecular complexity index is 267. The monoisotopic (exact) mass is 194 g/mol. The number of nitrogens with zero attached hydrogens (tertiary/aromatic N) is 1. The lowest BCUT2D eigenvalue weighted by molar-refractivity contribution is 0.703. The third-order valence-electron chi connectivity index (χ3n) is 2.25. The summed E-state index contributed by atoms with van der Waals surface area (Å²) < 4.78 is 0. The van der Waals surface area contributed by atoms with Gasteiger partial charge in [0.05, 0.1) is 0 Å². The van der Waals surface area contributed by atoms with Crippen molar-refractivity contribution in [3.05, 3.63) is 22.2 Å². The molecule has 2 heterocycles. The molecular formula is C10H14N2S. The van der Waals surface area contributed by atoms with E-state index in [-0.39, 0.29) is 0 Å². The van der Waals surface area contributed by atoms with E-state index in [0.29, 0.717) is 0 Å². The van der Waals surface area contributed by atoms with Crippen LogP contribution in [-0.2, 0) is 0 Å². The molecule has 0 aromatic carbocycles. The minimum absolute atomic E-state index is 1.12. The molecular weight excluding hydrogens is 180 g/mol. The largest absolute Gasteiger partial charge is 0.316 e. The Balaban J connectivity index is 2.05. The minimum atomic E-state index is 1.12. The fourth-order valence-electron chi connectivity index (χ4n) is 1.56. The van der Waals surface area contributed by atoms with Crippen molar-refractivity contribution in [1.29, 1.82) is 0 Å². The predicted octanol–water partition coefficient (Wildman–Crippen LogP) is 2.30. The molecule has 1 aliphatic rings. The smallest absolute Gasteiger partial charge is 0.115 e. The van der Waals surface area contributed by atoms with Gasteiger partial charge in [0.25, 0.3) is 0 Å². The van der Waals surface area contributed by atoms with Crippen LogP contribution in [0.15, 0.2) is 17.2 Å². The van der Waals surface area contributed by atoms with Crippen molar-refractivity contribution in [2.45, 2.75) is 19.3 Å². The second kappa shape index (κ2) is 4.53. The van der Waals surface area contributed by atoms with E-state index < -0.39 is 0 Å². The number of nitrogens with one attached hydrogen (secondary N) is 1. The van der Waals surface area contributed by atoms with E-state index >= 15 is 0 Å². The molecule has 0 aliphatic carbocycles. The fraction of sp³-hybridized carbons (Fsp3) is 0.500. The predicted molar refractivity (Wildman–Crippen MR) is 56.8 cm³/mol. The lowest BCUT2D eigenvalue weighted by Crippen LogP contribution is -2.13. The highest BCUT2D eigenvalue weighted by molar-refractivity contribution is 7.10. The third-order valence-corrected chi connectivity index (χ3v) is 2.98. The first-order valence-electron chi connectivity index (χ1n) is 4.75. The lowest BCUT2D eigenvalue weighted by Gasteiger charge is -1.99. The van der Waals surface area contributed by atoms with E-state index in [2.05, 4.69) is 16.4 Å². The molecule has 13 heavy (non-hydrogen) atoms. The molecule has 0 unspecified atom stereocenters. The van der Waals surface area contributed by atoms with E-state index in [4.69, 9.17) is 0 Å². The summed E-state index contributed by atoms with van der Waals surface area (Å²) in [5.41, 5.74) is 1.54. The summed E-state index contributed by atoms with van der Waals surface area (Å²) in [4.78, 5) is 4.26. The third kappa shape index (κ3) is 2.64. The van der Waals surface area contributed by atoms with Crippen molar-refractivity contribution >= 4 is 17.4 Å². The Kier molecular flexibility index (Phi) is 3.11. The highest BCUT2D eigenvalue weighted by atomic mass is 32.1. The van der Waals surface area contributed by atoms with Gasteiger partial charge in [0.1, 0.15) is 5.01 Å². The van der Waals surface area contributed by atoms with Crippen LogP contribution >= 0.6 is 11.3 Å². The van der Waals surface area contributed by atoms with Crippen LogP contribution in [0.1, 0.15) is 24.3 Å². The Morgan fingerprint density at radius 3 is 3.23 bits per heavy atom. The zero-order chi connectivity index (χ0) is 8.93. The van der Waals surface area contributed by atoms with Gasteiger partial charge in [-0.1, -0.05) is 5.57 Å². The van der Waals surface area contributed by atoms with Gasteiger partial charge in [-0.05, 0) is 38.4 Å². The van der Waals surface area contributed by atoms with E-state index in [0.717, 1.165) is 18.1 Å². The molecule has 0 atom stereocenters. The van der Waals surface area contributed by atoms with Gasteiger partial charge in [-0.3, -0.25) is 0 Å². The Morgan fingerprint density at radius 1 is 1.38 bits per heavy atom. The van der Waals surface area contributed by atoms with E-state index in [9.17, 15) is 0 Å². The molecule has 0 amide bonds. The summed E-state index contributed by atoms with van der Waals surface area (Å²) in [6, 6.07) is 0. The average molecular weight is 194 g/mol. The van der Waals surface area contributed by atoms with E-state index in [1.165, 1.54) is 19.3 Å².